The Bertz CT molecular complexity index is 689. The highest BCUT2D eigenvalue weighted by atomic mass is 32.1. The first-order valence-corrected chi connectivity index (χ1v) is 9.19. The molecule has 0 spiro atoms. The molecule has 3 rings (SSSR count). The molecular weight excluding hydrogens is 322 g/mol. The van der Waals surface area contributed by atoms with Gasteiger partial charge in [0.1, 0.15) is 5.75 Å². The summed E-state index contributed by atoms with van der Waals surface area (Å²) in [5, 5.41) is 0.575. The quantitative estimate of drug-likeness (QED) is 0.921. The Labute approximate surface area is 146 Å². The summed E-state index contributed by atoms with van der Waals surface area (Å²) in [7, 11) is 0. The van der Waals surface area contributed by atoms with Crippen molar-refractivity contribution in [1.82, 2.24) is 9.88 Å². The maximum Gasteiger partial charge on any atom is 0.260 e. The zero-order valence-electron chi connectivity index (χ0n) is 14.0. The van der Waals surface area contributed by atoms with E-state index < -0.39 is 0 Å². The van der Waals surface area contributed by atoms with Crippen LogP contribution >= 0.6 is 11.3 Å². The molecule has 0 aliphatic carbocycles. The summed E-state index contributed by atoms with van der Waals surface area (Å²) < 4.78 is 5.65. The highest BCUT2D eigenvalue weighted by Gasteiger charge is 2.16. The lowest BCUT2D eigenvalue weighted by molar-refractivity contribution is -0.133. The van der Waals surface area contributed by atoms with Gasteiger partial charge in [0, 0.05) is 23.5 Å². The Balaban J connectivity index is 1.58. The zero-order valence-corrected chi connectivity index (χ0v) is 14.8. The molecule has 5 nitrogen and oxygen atoms in total. The molecule has 0 bridgehead atoms. The lowest BCUT2D eigenvalue weighted by Crippen LogP contribution is -2.35. The number of carbonyl (C=O) groups is 1. The molecule has 128 valence electrons. The number of benzene rings is 1. The maximum absolute atomic E-state index is 12.2. The van der Waals surface area contributed by atoms with Gasteiger partial charge >= 0.3 is 0 Å². The molecule has 1 aromatic carbocycles. The standard InChI is InChI=1S/C18H23N3O2S/c1-13-17(20-18(19)24-13)14-6-8-15(9-7-14)23-12-16(22)21-10-4-2-3-5-11-21/h6-9H,2-5,10-12H2,1H3,(H2,19,20). The van der Waals surface area contributed by atoms with E-state index in [0.29, 0.717) is 10.9 Å². The Morgan fingerprint density at radius 2 is 1.88 bits per heavy atom. The molecule has 0 unspecified atom stereocenters. The van der Waals surface area contributed by atoms with Crippen molar-refractivity contribution < 1.29 is 9.53 Å². The molecule has 2 aromatic rings. The minimum atomic E-state index is 0.0732. The van der Waals surface area contributed by atoms with Gasteiger partial charge in [-0.1, -0.05) is 12.8 Å². The number of ether oxygens (including phenoxy) is 1. The van der Waals surface area contributed by atoms with E-state index in [1.54, 1.807) is 0 Å². The van der Waals surface area contributed by atoms with E-state index in [9.17, 15) is 4.79 Å². The Hall–Kier alpha value is -2.08. The summed E-state index contributed by atoms with van der Waals surface area (Å²) in [6.07, 6.45) is 4.62. The predicted octanol–water partition coefficient (Wildman–Crippen LogP) is 3.48. The van der Waals surface area contributed by atoms with Crippen molar-refractivity contribution in [1.29, 1.82) is 0 Å². The molecule has 2 N–H and O–H groups in total. The van der Waals surface area contributed by atoms with Crippen LogP contribution < -0.4 is 10.5 Å². The molecular formula is C18H23N3O2S. The average molecular weight is 345 g/mol. The second-order valence-corrected chi connectivity index (χ2v) is 7.30. The van der Waals surface area contributed by atoms with Gasteiger partial charge in [0.05, 0.1) is 5.69 Å². The Morgan fingerprint density at radius 3 is 2.46 bits per heavy atom. The van der Waals surface area contributed by atoms with Crippen LogP contribution in [0.3, 0.4) is 0 Å². The largest absolute Gasteiger partial charge is 0.484 e. The van der Waals surface area contributed by atoms with E-state index in [0.717, 1.165) is 42.1 Å². The third-order valence-corrected chi connectivity index (χ3v) is 5.06. The van der Waals surface area contributed by atoms with E-state index in [2.05, 4.69) is 4.98 Å². The zero-order chi connectivity index (χ0) is 16.9. The molecule has 1 saturated heterocycles. The molecule has 1 aliphatic heterocycles. The summed E-state index contributed by atoms with van der Waals surface area (Å²) in [6.45, 7) is 3.81. The van der Waals surface area contributed by atoms with Crippen LogP contribution in [-0.2, 0) is 4.79 Å². The number of rotatable bonds is 4. The van der Waals surface area contributed by atoms with Crippen LogP contribution in [0.5, 0.6) is 5.75 Å². The molecule has 1 aliphatic rings. The number of anilines is 1. The van der Waals surface area contributed by atoms with Crippen molar-refractivity contribution in [3.05, 3.63) is 29.1 Å². The molecule has 24 heavy (non-hydrogen) atoms. The number of carbonyl (C=O) groups excluding carboxylic acids is 1. The van der Waals surface area contributed by atoms with Crippen LogP contribution in [0.2, 0.25) is 0 Å². The number of hydrogen-bond donors (Lipinski definition) is 1. The summed E-state index contributed by atoms with van der Waals surface area (Å²) >= 11 is 1.49. The topological polar surface area (TPSA) is 68.5 Å². The molecule has 1 amide bonds. The Kier molecular flexibility index (Phi) is 5.35. The third-order valence-electron chi connectivity index (χ3n) is 4.26. The van der Waals surface area contributed by atoms with Crippen LogP contribution in [0.4, 0.5) is 5.13 Å². The third kappa shape index (κ3) is 4.06. The second kappa shape index (κ2) is 7.66. The van der Waals surface area contributed by atoms with Crippen LogP contribution in [0, 0.1) is 6.92 Å². The van der Waals surface area contributed by atoms with Gasteiger partial charge in [0.25, 0.3) is 5.91 Å². The van der Waals surface area contributed by atoms with Crippen molar-refractivity contribution in [2.45, 2.75) is 32.6 Å². The van der Waals surface area contributed by atoms with Crippen molar-refractivity contribution in [3.8, 4) is 17.0 Å². The van der Waals surface area contributed by atoms with Gasteiger partial charge in [-0.3, -0.25) is 4.79 Å². The highest BCUT2D eigenvalue weighted by Crippen LogP contribution is 2.29. The summed E-state index contributed by atoms with van der Waals surface area (Å²) in [6, 6.07) is 7.65. The molecule has 1 aromatic heterocycles. The summed E-state index contributed by atoms with van der Waals surface area (Å²) in [5.74, 6) is 0.770. The predicted molar refractivity (Wildman–Crippen MR) is 97.2 cm³/mol. The van der Waals surface area contributed by atoms with Crippen LogP contribution in [-0.4, -0.2) is 35.5 Å². The molecule has 0 atom stereocenters. The maximum atomic E-state index is 12.2. The van der Waals surface area contributed by atoms with Gasteiger partial charge in [-0.15, -0.1) is 11.3 Å². The normalized spacial score (nSPS) is 15.1. The van der Waals surface area contributed by atoms with Gasteiger partial charge in [0.2, 0.25) is 0 Å². The van der Waals surface area contributed by atoms with Gasteiger partial charge in [-0.25, -0.2) is 4.98 Å². The molecule has 1 fully saturated rings. The molecule has 6 heteroatoms. The lowest BCUT2D eigenvalue weighted by Gasteiger charge is -2.20. The lowest BCUT2D eigenvalue weighted by atomic mass is 10.1. The van der Waals surface area contributed by atoms with Crippen molar-refractivity contribution in [2.24, 2.45) is 0 Å². The fourth-order valence-electron chi connectivity index (χ4n) is 2.95. The smallest absolute Gasteiger partial charge is 0.260 e. The van der Waals surface area contributed by atoms with E-state index in [1.807, 2.05) is 36.1 Å². The van der Waals surface area contributed by atoms with Crippen LogP contribution in [0.1, 0.15) is 30.6 Å². The first-order chi connectivity index (χ1) is 11.6. The minimum Gasteiger partial charge on any atom is -0.484 e. The fraction of sp³-hybridized carbons (Fsp3) is 0.444. The van der Waals surface area contributed by atoms with Crippen LogP contribution in [0.15, 0.2) is 24.3 Å². The van der Waals surface area contributed by atoms with E-state index in [4.69, 9.17) is 10.5 Å². The van der Waals surface area contributed by atoms with Gasteiger partial charge in [-0.05, 0) is 44.0 Å². The number of amides is 1. The number of nitrogens with two attached hydrogens (primary N) is 1. The summed E-state index contributed by atoms with van der Waals surface area (Å²) in [4.78, 5) is 19.6. The van der Waals surface area contributed by atoms with Gasteiger partial charge < -0.3 is 15.4 Å². The monoisotopic (exact) mass is 345 g/mol. The second-order valence-electron chi connectivity index (χ2n) is 6.06. The van der Waals surface area contributed by atoms with Crippen molar-refractivity contribution in [2.75, 3.05) is 25.4 Å². The van der Waals surface area contributed by atoms with Crippen LogP contribution in [0.25, 0.3) is 11.3 Å². The summed E-state index contributed by atoms with van der Waals surface area (Å²) in [5.41, 5.74) is 7.66. The van der Waals surface area contributed by atoms with Gasteiger partial charge in [0.15, 0.2) is 11.7 Å². The average Bonchev–Trinajstić information content (AvgIpc) is 2.80. The van der Waals surface area contributed by atoms with Gasteiger partial charge in [-0.2, -0.15) is 0 Å². The number of nitrogens with zero attached hydrogens (tertiary/aromatic N) is 2. The SMILES string of the molecule is Cc1sc(N)nc1-c1ccc(OCC(=O)N2CCCCCC2)cc1. The number of nitrogen functional groups attached to an aromatic ring is 1. The molecule has 2 heterocycles. The number of thiazole rings is 1. The number of likely N-dealkylation sites (tertiary alicyclic amines) is 1. The number of aromatic nitrogens is 1. The van der Waals surface area contributed by atoms with E-state index in [-0.39, 0.29) is 12.5 Å². The Morgan fingerprint density at radius 1 is 1.21 bits per heavy atom. The molecule has 0 saturated carbocycles. The van der Waals surface area contributed by atoms with E-state index in [1.165, 1.54) is 24.2 Å². The van der Waals surface area contributed by atoms with Crippen molar-refractivity contribution in [3.63, 3.8) is 0 Å². The van der Waals surface area contributed by atoms with E-state index >= 15 is 0 Å². The number of aryl methyl sites for hydroxylation is 1. The first-order valence-electron chi connectivity index (χ1n) is 8.37. The first kappa shape index (κ1) is 16.8. The number of hydrogen-bond acceptors (Lipinski definition) is 5. The highest BCUT2D eigenvalue weighted by molar-refractivity contribution is 7.15. The molecule has 0 radical (unpaired) electrons. The minimum absolute atomic E-state index is 0.0732. The van der Waals surface area contributed by atoms with Crippen molar-refractivity contribution >= 4 is 22.4 Å². The fourth-order valence-corrected chi connectivity index (χ4v) is 3.66.